The highest BCUT2D eigenvalue weighted by Crippen LogP contribution is 2.28. The maximum Gasteiger partial charge on any atom is 0.339 e. The number of hydrogen-bond donors (Lipinski definition) is 1. The summed E-state index contributed by atoms with van der Waals surface area (Å²) in [7, 11) is 3.11. The van der Waals surface area contributed by atoms with E-state index in [9.17, 15) is 9.59 Å². The molecule has 1 atom stereocenters. The van der Waals surface area contributed by atoms with Gasteiger partial charge in [-0.1, -0.05) is 12.1 Å². The highest BCUT2D eigenvalue weighted by Gasteiger charge is 2.20. The highest BCUT2D eigenvalue weighted by atomic mass is 16.5. The van der Waals surface area contributed by atoms with Crippen LogP contribution in [0.15, 0.2) is 42.5 Å². The second-order valence-electron chi connectivity index (χ2n) is 5.91. The lowest BCUT2D eigenvalue weighted by molar-refractivity contribution is -0.129. The molecule has 2 rings (SSSR count). The molecule has 0 aliphatic heterocycles. The van der Waals surface area contributed by atoms with E-state index >= 15 is 0 Å². The largest absolute Gasteiger partial charge is 0.497 e. The summed E-state index contributed by atoms with van der Waals surface area (Å²) in [4.78, 5) is 24.6. The van der Waals surface area contributed by atoms with Crippen LogP contribution in [0.25, 0.3) is 0 Å². The molecule has 1 N–H and O–H groups in total. The van der Waals surface area contributed by atoms with Gasteiger partial charge in [0.05, 0.1) is 26.4 Å². The lowest BCUT2D eigenvalue weighted by atomic mass is 10.2. The van der Waals surface area contributed by atoms with E-state index < -0.39 is 12.1 Å². The summed E-state index contributed by atoms with van der Waals surface area (Å²) in [6.45, 7) is 4.11. The van der Waals surface area contributed by atoms with Crippen molar-refractivity contribution in [2.75, 3.05) is 20.8 Å². The molecule has 7 nitrogen and oxygen atoms in total. The van der Waals surface area contributed by atoms with E-state index in [1.165, 1.54) is 20.1 Å². The minimum absolute atomic E-state index is 0.277. The lowest BCUT2D eigenvalue weighted by Crippen LogP contribution is -2.35. The molecule has 0 saturated heterocycles. The van der Waals surface area contributed by atoms with Crippen molar-refractivity contribution in [1.82, 2.24) is 5.32 Å². The topological polar surface area (TPSA) is 83.1 Å². The average Bonchev–Trinajstić information content (AvgIpc) is 2.72. The molecular weight excluding hydrogens is 362 g/mol. The first-order valence-corrected chi connectivity index (χ1v) is 8.91. The molecule has 0 spiro atoms. The Labute approximate surface area is 164 Å². The number of nitrogens with one attached hydrogen (secondary N) is 1. The van der Waals surface area contributed by atoms with Crippen LogP contribution in [0.5, 0.6) is 17.2 Å². The number of methoxy groups -OCH3 is 2. The van der Waals surface area contributed by atoms with Crippen molar-refractivity contribution in [2.45, 2.75) is 26.5 Å². The Bertz CT molecular complexity index is 803. The number of benzene rings is 2. The van der Waals surface area contributed by atoms with Crippen molar-refractivity contribution in [3.8, 4) is 17.2 Å². The first-order chi connectivity index (χ1) is 13.5. The zero-order valence-corrected chi connectivity index (χ0v) is 16.5. The summed E-state index contributed by atoms with van der Waals surface area (Å²) in [5, 5.41) is 2.74. The molecule has 2 aromatic rings. The average molecular weight is 387 g/mol. The Morgan fingerprint density at radius 1 is 1.00 bits per heavy atom. The van der Waals surface area contributed by atoms with Gasteiger partial charge >= 0.3 is 5.97 Å². The minimum Gasteiger partial charge on any atom is -0.497 e. The number of amides is 1. The quantitative estimate of drug-likeness (QED) is 0.666. The number of carbonyl (C=O) groups is 2. The molecule has 1 amide bonds. The van der Waals surface area contributed by atoms with Crippen molar-refractivity contribution in [1.29, 1.82) is 0 Å². The van der Waals surface area contributed by atoms with E-state index in [-0.39, 0.29) is 11.5 Å². The van der Waals surface area contributed by atoms with Gasteiger partial charge in [-0.15, -0.1) is 0 Å². The molecular formula is C21H25NO6. The SMILES string of the molecule is CCOc1cc(C(=O)OC(C)C(=O)NCc2ccc(OC)cc2)ccc1OC. The normalized spacial score (nSPS) is 11.3. The summed E-state index contributed by atoms with van der Waals surface area (Å²) in [5.41, 5.74) is 1.18. The van der Waals surface area contributed by atoms with Gasteiger partial charge in [0.1, 0.15) is 5.75 Å². The molecule has 0 aliphatic rings. The van der Waals surface area contributed by atoms with Crippen LogP contribution in [0.4, 0.5) is 0 Å². The standard InChI is InChI=1S/C21H25NO6/c1-5-27-19-12-16(8-11-18(19)26-4)21(24)28-14(2)20(23)22-13-15-6-9-17(25-3)10-7-15/h6-12,14H,5,13H2,1-4H3,(H,22,23). The van der Waals surface area contributed by atoms with Crippen LogP contribution in [0.1, 0.15) is 29.8 Å². The van der Waals surface area contributed by atoms with Crippen LogP contribution in [-0.2, 0) is 16.1 Å². The van der Waals surface area contributed by atoms with Crippen molar-refractivity contribution < 1.29 is 28.5 Å². The molecule has 150 valence electrons. The predicted molar refractivity (Wildman–Crippen MR) is 104 cm³/mol. The van der Waals surface area contributed by atoms with E-state index in [1.807, 2.05) is 31.2 Å². The Kier molecular flexibility index (Phi) is 7.68. The van der Waals surface area contributed by atoms with E-state index in [1.54, 1.807) is 19.2 Å². The molecule has 0 bridgehead atoms. The monoisotopic (exact) mass is 387 g/mol. The van der Waals surface area contributed by atoms with Crippen molar-refractivity contribution in [3.63, 3.8) is 0 Å². The summed E-state index contributed by atoms with van der Waals surface area (Å²) in [6, 6.07) is 12.0. The molecule has 0 heterocycles. The van der Waals surface area contributed by atoms with Crippen molar-refractivity contribution >= 4 is 11.9 Å². The maximum absolute atomic E-state index is 12.3. The van der Waals surface area contributed by atoms with E-state index in [4.69, 9.17) is 18.9 Å². The van der Waals surface area contributed by atoms with Gasteiger partial charge in [0.2, 0.25) is 0 Å². The third-order valence-corrected chi connectivity index (χ3v) is 3.98. The van der Waals surface area contributed by atoms with Crippen LogP contribution < -0.4 is 19.5 Å². The van der Waals surface area contributed by atoms with Gasteiger partial charge in [0, 0.05) is 6.54 Å². The molecule has 0 fully saturated rings. The third-order valence-electron chi connectivity index (χ3n) is 3.98. The molecule has 2 aromatic carbocycles. The molecule has 0 radical (unpaired) electrons. The highest BCUT2D eigenvalue weighted by molar-refractivity contribution is 5.92. The second-order valence-corrected chi connectivity index (χ2v) is 5.91. The zero-order valence-electron chi connectivity index (χ0n) is 16.5. The Morgan fingerprint density at radius 3 is 2.32 bits per heavy atom. The van der Waals surface area contributed by atoms with Gasteiger partial charge in [-0.25, -0.2) is 4.79 Å². The fourth-order valence-electron chi connectivity index (χ4n) is 2.43. The second kappa shape index (κ2) is 10.2. The van der Waals surface area contributed by atoms with Crippen LogP contribution in [0.2, 0.25) is 0 Å². The number of ether oxygens (including phenoxy) is 4. The number of hydrogen-bond acceptors (Lipinski definition) is 6. The van der Waals surface area contributed by atoms with E-state index in [0.717, 1.165) is 11.3 Å². The van der Waals surface area contributed by atoms with Gasteiger partial charge in [-0.3, -0.25) is 4.79 Å². The Morgan fingerprint density at radius 2 is 1.71 bits per heavy atom. The number of rotatable bonds is 9. The molecule has 0 aromatic heterocycles. The van der Waals surface area contributed by atoms with Crippen LogP contribution >= 0.6 is 0 Å². The Balaban J connectivity index is 1.93. The Hall–Kier alpha value is -3.22. The van der Waals surface area contributed by atoms with Crippen molar-refractivity contribution in [3.05, 3.63) is 53.6 Å². The van der Waals surface area contributed by atoms with Gasteiger partial charge < -0.3 is 24.3 Å². The van der Waals surface area contributed by atoms with E-state index in [0.29, 0.717) is 24.7 Å². The van der Waals surface area contributed by atoms with Crippen molar-refractivity contribution in [2.24, 2.45) is 0 Å². The van der Waals surface area contributed by atoms with Gasteiger partial charge in [0.15, 0.2) is 17.6 Å². The molecule has 1 unspecified atom stereocenters. The molecule has 0 aliphatic carbocycles. The van der Waals surface area contributed by atoms with E-state index in [2.05, 4.69) is 5.32 Å². The predicted octanol–water partition coefficient (Wildman–Crippen LogP) is 2.96. The van der Waals surface area contributed by atoms with Gasteiger partial charge in [-0.2, -0.15) is 0 Å². The van der Waals surface area contributed by atoms with Crippen LogP contribution in [-0.4, -0.2) is 38.8 Å². The summed E-state index contributed by atoms with van der Waals surface area (Å²) >= 11 is 0. The summed E-state index contributed by atoms with van der Waals surface area (Å²) in [5.74, 6) is 0.696. The first kappa shape index (κ1) is 21.1. The van der Waals surface area contributed by atoms with Crippen LogP contribution in [0.3, 0.4) is 0 Å². The zero-order chi connectivity index (χ0) is 20.5. The lowest BCUT2D eigenvalue weighted by Gasteiger charge is -2.15. The number of carbonyl (C=O) groups excluding carboxylic acids is 2. The smallest absolute Gasteiger partial charge is 0.339 e. The minimum atomic E-state index is -0.941. The summed E-state index contributed by atoms with van der Waals surface area (Å²) < 4.78 is 21.0. The molecule has 28 heavy (non-hydrogen) atoms. The fourth-order valence-corrected chi connectivity index (χ4v) is 2.43. The third kappa shape index (κ3) is 5.64. The first-order valence-electron chi connectivity index (χ1n) is 8.91. The fraction of sp³-hybridized carbons (Fsp3) is 0.333. The molecule has 7 heteroatoms. The summed E-state index contributed by atoms with van der Waals surface area (Å²) in [6.07, 6.45) is -0.941. The number of esters is 1. The maximum atomic E-state index is 12.3. The van der Waals surface area contributed by atoms with Gasteiger partial charge in [-0.05, 0) is 49.7 Å². The molecule has 0 saturated carbocycles. The van der Waals surface area contributed by atoms with Gasteiger partial charge in [0.25, 0.3) is 5.91 Å². The van der Waals surface area contributed by atoms with Crippen LogP contribution in [0, 0.1) is 0 Å².